The van der Waals surface area contributed by atoms with Crippen LogP contribution in [0, 0.1) is 11.8 Å². The molecule has 0 aromatic heterocycles. The maximum absolute atomic E-state index is 12.8. The summed E-state index contributed by atoms with van der Waals surface area (Å²) in [5, 5.41) is 20.0. The minimum atomic E-state index is -4.90. The van der Waals surface area contributed by atoms with Crippen LogP contribution in [0.3, 0.4) is 0 Å². The molecular weight excluding hydrogens is 854 g/mol. The highest BCUT2D eigenvalue weighted by Gasteiger charge is 2.29. The van der Waals surface area contributed by atoms with E-state index >= 15 is 0 Å². The van der Waals surface area contributed by atoms with Crippen LogP contribution >= 0.6 is 15.6 Å². The van der Waals surface area contributed by atoms with Crippen molar-refractivity contribution in [3.05, 3.63) is 85.1 Å². The van der Waals surface area contributed by atoms with Gasteiger partial charge in [0, 0.05) is 18.8 Å². The van der Waals surface area contributed by atoms with Gasteiger partial charge in [0.2, 0.25) is 0 Å². The van der Waals surface area contributed by atoms with Crippen LogP contribution in [0.4, 0.5) is 0 Å². The van der Waals surface area contributed by atoms with Crippen molar-refractivity contribution in [2.75, 3.05) is 26.4 Å². The Hall–Kier alpha value is -3.07. The van der Waals surface area contributed by atoms with E-state index in [4.69, 9.17) is 23.8 Å². The normalized spacial score (nSPS) is 18.5. The summed E-state index contributed by atoms with van der Waals surface area (Å²) in [7, 11) is -9.78. The molecule has 5 N–H and O–H groups in total. The first-order chi connectivity index (χ1) is 30.2. The average molecular weight is 929 g/mol. The quantitative estimate of drug-likeness (QED) is 0.0168. The SMILES string of the molecule is CCCCC/C=C\C/C=C\C/C=C\C/C=C\CCCC(=O)OC[C@H](COP(=O)(O)OC[C@@H](O)COP(=O)(O)O)OC(=O)CCC/C=C\C[C@H]1C=CC(=O)[C@@H]1/C=C/[C@@H](O)CCCCC. The molecule has 358 valence electrons. The van der Waals surface area contributed by atoms with Crippen LogP contribution < -0.4 is 0 Å². The Balaban J connectivity index is 2.58. The molecule has 0 aromatic carbocycles. The van der Waals surface area contributed by atoms with Crippen molar-refractivity contribution in [2.45, 2.75) is 148 Å². The highest BCUT2D eigenvalue weighted by molar-refractivity contribution is 7.47. The number of carbonyl (C=O) groups excluding carboxylic acids is 3. The van der Waals surface area contributed by atoms with E-state index in [9.17, 15) is 38.6 Å². The molecular formula is C46H74O15P2. The van der Waals surface area contributed by atoms with Crippen LogP contribution in [0.5, 0.6) is 0 Å². The summed E-state index contributed by atoms with van der Waals surface area (Å²) in [5.41, 5.74) is 0. The number of carbonyl (C=O) groups is 3. The summed E-state index contributed by atoms with van der Waals surface area (Å²) in [6.45, 7) is 1.32. The number of hydrogen-bond acceptors (Lipinski definition) is 12. The molecule has 6 atom stereocenters. The fraction of sp³-hybridized carbons (Fsp3) is 0.630. The number of allylic oxidation sites excluding steroid dienone is 13. The lowest BCUT2D eigenvalue weighted by molar-refractivity contribution is -0.161. The maximum Gasteiger partial charge on any atom is 0.472 e. The van der Waals surface area contributed by atoms with E-state index in [-0.39, 0.29) is 30.5 Å². The van der Waals surface area contributed by atoms with E-state index in [1.54, 1.807) is 18.2 Å². The fourth-order valence-corrected chi connectivity index (χ4v) is 7.13. The summed E-state index contributed by atoms with van der Waals surface area (Å²) in [4.78, 5) is 65.3. The molecule has 0 spiro atoms. The third kappa shape index (κ3) is 34.0. The van der Waals surface area contributed by atoms with Gasteiger partial charge in [0.1, 0.15) is 12.7 Å². The van der Waals surface area contributed by atoms with Crippen LogP contribution in [-0.2, 0) is 46.6 Å². The molecule has 0 aliphatic heterocycles. The second kappa shape index (κ2) is 36.2. The molecule has 0 saturated heterocycles. The minimum absolute atomic E-state index is 0.00530. The van der Waals surface area contributed by atoms with Crippen molar-refractivity contribution < 1.29 is 71.5 Å². The summed E-state index contributed by atoms with van der Waals surface area (Å²) < 4.78 is 47.7. The summed E-state index contributed by atoms with van der Waals surface area (Å²) in [6.07, 6.45) is 37.9. The number of aliphatic hydroxyl groups excluding tert-OH is 2. The molecule has 0 radical (unpaired) electrons. The number of phosphoric ester groups is 2. The standard InChI is InChI=1S/C46H74O15P2/c1-3-5-7-8-9-10-11-12-13-14-15-16-17-18-19-20-25-29-45(50)57-37-42(38-60-63(55,56)59-36-41(48)35-58-62(52,53)54)61-46(51)30-26-22-21-24-27-39-31-34-44(49)43(39)33-32-40(47)28-23-6-4-2/h9-10,12-13,15-16,18-19,21,24,31-34,39-43,47-48H,3-8,11,14,17,20,22-23,25-30,35-38H2,1-2H3,(H,55,56)(H2,52,53,54)/b10-9-,13-12-,16-15-,19-18-,24-21-,33-32+/t39-,40-,41-,42+,43+/m0/s1. The molecule has 0 bridgehead atoms. The first kappa shape index (κ1) is 57.9. The molecule has 1 aliphatic rings. The van der Waals surface area contributed by atoms with E-state index in [0.717, 1.165) is 44.9 Å². The highest BCUT2D eigenvalue weighted by Crippen LogP contribution is 2.44. The molecule has 0 amide bonds. The monoisotopic (exact) mass is 928 g/mol. The number of unbranched alkanes of at least 4 members (excludes halogenated alkanes) is 7. The molecule has 1 aliphatic carbocycles. The predicted molar refractivity (Wildman–Crippen MR) is 243 cm³/mol. The zero-order chi connectivity index (χ0) is 46.6. The second-order valence-electron chi connectivity index (χ2n) is 15.3. The van der Waals surface area contributed by atoms with Crippen LogP contribution in [0.1, 0.15) is 129 Å². The number of ketones is 1. The van der Waals surface area contributed by atoms with Crippen molar-refractivity contribution in [1.29, 1.82) is 0 Å². The van der Waals surface area contributed by atoms with Gasteiger partial charge in [-0.1, -0.05) is 125 Å². The van der Waals surface area contributed by atoms with Crippen molar-refractivity contribution in [2.24, 2.45) is 11.8 Å². The van der Waals surface area contributed by atoms with Crippen LogP contribution in [0.25, 0.3) is 0 Å². The van der Waals surface area contributed by atoms with Gasteiger partial charge in [-0.25, -0.2) is 9.13 Å². The molecule has 0 fully saturated rings. The Morgan fingerprint density at radius 3 is 1.84 bits per heavy atom. The van der Waals surface area contributed by atoms with E-state index in [1.807, 2.05) is 30.4 Å². The molecule has 15 nitrogen and oxygen atoms in total. The van der Waals surface area contributed by atoms with E-state index in [2.05, 4.69) is 59.4 Å². The lowest BCUT2D eigenvalue weighted by Crippen LogP contribution is -2.29. The van der Waals surface area contributed by atoms with Crippen molar-refractivity contribution >= 4 is 33.4 Å². The van der Waals surface area contributed by atoms with Gasteiger partial charge in [-0.15, -0.1) is 0 Å². The summed E-state index contributed by atoms with van der Waals surface area (Å²) in [5.74, 6) is -1.64. The van der Waals surface area contributed by atoms with Crippen molar-refractivity contribution in [3.63, 3.8) is 0 Å². The lowest BCUT2D eigenvalue weighted by Gasteiger charge is -2.20. The van der Waals surface area contributed by atoms with E-state index in [1.165, 1.54) is 19.3 Å². The smallest absolute Gasteiger partial charge is 0.462 e. The highest BCUT2D eigenvalue weighted by atomic mass is 31.2. The topological polar surface area (TPSA) is 233 Å². The largest absolute Gasteiger partial charge is 0.472 e. The molecule has 1 rings (SSSR count). The van der Waals surface area contributed by atoms with Gasteiger partial charge in [-0.2, -0.15) is 0 Å². The first-order valence-corrected chi connectivity index (χ1v) is 25.4. The zero-order valence-corrected chi connectivity index (χ0v) is 39.0. The Bertz CT molecular complexity index is 1580. The number of aliphatic hydroxyl groups is 2. The van der Waals surface area contributed by atoms with Crippen LogP contribution in [0.15, 0.2) is 85.1 Å². The van der Waals surface area contributed by atoms with Gasteiger partial charge in [0.05, 0.1) is 25.9 Å². The molecule has 0 heterocycles. The number of rotatable bonds is 38. The van der Waals surface area contributed by atoms with Gasteiger partial charge in [0.15, 0.2) is 11.9 Å². The maximum atomic E-state index is 12.8. The average Bonchev–Trinajstić information content (AvgIpc) is 3.59. The Labute approximate surface area is 374 Å². The molecule has 0 aromatic rings. The van der Waals surface area contributed by atoms with Gasteiger partial charge in [0.25, 0.3) is 0 Å². The summed E-state index contributed by atoms with van der Waals surface area (Å²) in [6, 6.07) is 0. The third-order valence-corrected chi connectivity index (χ3v) is 10.9. The number of ether oxygens (including phenoxy) is 2. The summed E-state index contributed by atoms with van der Waals surface area (Å²) >= 11 is 0. The van der Waals surface area contributed by atoms with Crippen LogP contribution in [0.2, 0.25) is 0 Å². The first-order valence-electron chi connectivity index (χ1n) is 22.3. The molecule has 0 saturated carbocycles. The number of esters is 2. The Morgan fingerprint density at radius 1 is 0.683 bits per heavy atom. The molecule has 1 unspecified atom stereocenters. The Kier molecular flexibility index (Phi) is 33.3. The van der Waals surface area contributed by atoms with Gasteiger partial charge in [-0.3, -0.25) is 28.0 Å². The lowest BCUT2D eigenvalue weighted by atomic mass is 9.90. The second-order valence-corrected chi connectivity index (χ2v) is 18.0. The zero-order valence-electron chi connectivity index (χ0n) is 37.2. The van der Waals surface area contributed by atoms with Crippen LogP contribution in [-0.4, -0.2) is 87.4 Å². The minimum Gasteiger partial charge on any atom is -0.462 e. The van der Waals surface area contributed by atoms with E-state index in [0.29, 0.717) is 38.5 Å². The van der Waals surface area contributed by atoms with Crippen molar-refractivity contribution in [1.82, 2.24) is 0 Å². The predicted octanol–water partition coefficient (Wildman–Crippen LogP) is 9.18. The molecule has 17 heteroatoms. The Morgan fingerprint density at radius 2 is 1.22 bits per heavy atom. The number of phosphoric acid groups is 2. The van der Waals surface area contributed by atoms with Crippen molar-refractivity contribution in [3.8, 4) is 0 Å². The third-order valence-electron chi connectivity index (χ3n) is 9.49. The fourth-order valence-electron chi connectivity index (χ4n) is 5.98. The molecule has 63 heavy (non-hydrogen) atoms. The van der Waals surface area contributed by atoms with Gasteiger partial charge < -0.3 is 34.4 Å². The number of hydrogen-bond donors (Lipinski definition) is 5. The van der Waals surface area contributed by atoms with E-state index < -0.39 is 72.3 Å². The van der Waals surface area contributed by atoms with Gasteiger partial charge >= 0.3 is 27.6 Å². The van der Waals surface area contributed by atoms with Gasteiger partial charge in [-0.05, 0) is 82.6 Å².